The summed E-state index contributed by atoms with van der Waals surface area (Å²) in [6.07, 6.45) is 0. The Balaban J connectivity index is 2.94. The Morgan fingerprint density at radius 2 is 1.77 bits per heavy atom. The minimum Gasteiger partial charge on any atom is -0.497 e. The van der Waals surface area contributed by atoms with Gasteiger partial charge in [-0.15, -0.1) is 0 Å². The lowest BCUT2D eigenvalue weighted by molar-refractivity contribution is 0.415. The van der Waals surface area contributed by atoms with E-state index in [1.54, 1.807) is 13.8 Å². The van der Waals surface area contributed by atoms with Crippen LogP contribution in [0.25, 0.3) is 0 Å². The van der Waals surface area contributed by atoms with E-state index in [4.69, 9.17) is 27.2 Å². The minimum absolute atomic E-state index is 0.779. The Morgan fingerprint density at radius 1 is 1.23 bits per heavy atom. The summed E-state index contributed by atoms with van der Waals surface area (Å²) >= 11 is 11.6. The zero-order valence-electron chi connectivity index (χ0n) is 7.37. The van der Waals surface area contributed by atoms with Gasteiger partial charge in [0.25, 0.3) is 0 Å². The van der Waals surface area contributed by atoms with Crippen molar-refractivity contribution < 1.29 is 4.74 Å². The van der Waals surface area contributed by atoms with Gasteiger partial charge in [0.1, 0.15) is 11.5 Å². The van der Waals surface area contributed by atoms with Crippen molar-refractivity contribution in [3.8, 4) is 5.75 Å². The van der Waals surface area contributed by atoms with Gasteiger partial charge in [-0.1, -0.05) is 22.5 Å². The SMILES string of the molecule is COc1ccc(N=P(C)(Cl)Cl)cc1. The molecule has 0 saturated carbocycles. The lowest BCUT2D eigenvalue weighted by atomic mass is 10.3. The first kappa shape index (κ1) is 10.9. The highest BCUT2D eigenvalue weighted by molar-refractivity contribution is 8.09. The Bertz CT molecular complexity index is 322. The molecule has 0 atom stereocenters. The van der Waals surface area contributed by atoms with Gasteiger partial charge in [0.05, 0.1) is 12.8 Å². The molecule has 0 fully saturated rings. The number of hydrogen-bond acceptors (Lipinski definition) is 2. The summed E-state index contributed by atoms with van der Waals surface area (Å²) in [7, 11) is 1.62. The van der Waals surface area contributed by atoms with Crippen LogP contribution in [0.4, 0.5) is 5.69 Å². The number of hydrogen-bond donors (Lipinski definition) is 0. The summed E-state index contributed by atoms with van der Waals surface area (Å²) in [5, 5.41) is 0. The van der Waals surface area contributed by atoms with Crippen LogP contribution in [-0.2, 0) is 0 Å². The molecule has 0 saturated heterocycles. The molecule has 0 aliphatic heterocycles. The Morgan fingerprint density at radius 3 is 2.15 bits per heavy atom. The average Bonchev–Trinajstić information content (AvgIpc) is 2.03. The molecule has 0 amide bonds. The van der Waals surface area contributed by atoms with Gasteiger partial charge < -0.3 is 4.74 Å². The van der Waals surface area contributed by atoms with Crippen LogP contribution in [0.1, 0.15) is 0 Å². The highest BCUT2D eigenvalue weighted by Gasteiger charge is 2.01. The fourth-order valence-corrected chi connectivity index (χ4v) is 1.91. The molecule has 0 aliphatic rings. The van der Waals surface area contributed by atoms with Crippen LogP contribution in [0.15, 0.2) is 29.0 Å². The Kier molecular flexibility index (Phi) is 3.66. The normalized spacial score (nSPS) is 11.1. The number of rotatable bonds is 2. The van der Waals surface area contributed by atoms with E-state index < -0.39 is 5.76 Å². The van der Waals surface area contributed by atoms with E-state index in [-0.39, 0.29) is 0 Å². The lowest BCUT2D eigenvalue weighted by Crippen LogP contribution is -1.79. The van der Waals surface area contributed by atoms with Crippen molar-refractivity contribution in [2.24, 2.45) is 4.74 Å². The molecule has 0 aliphatic carbocycles. The van der Waals surface area contributed by atoms with Crippen molar-refractivity contribution in [1.29, 1.82) is 0 Å². The van der Waals surface area contributed by atoms with E-state index in [0.717, 1.165) is 11.4 Å². The first-order chi connectivity index (χ1) is 6.01. The van der Waals surface area contributed by atoms with Crippen molar-refractivity contribution in [3.63, 3.8) is 0 Å². The topological polar surface area (TPSA) is 21.6 Å². The summed E-state index contributed by atoms with van der Waals surface area (Å²) < 4.78 is 9.15. The van der Waals surface area contributed by atoms with Gasteiger partial charge in [-0.25, -0.2) is 4.74 Å². The summed E-state index contributed by atoms with van der Waals surface area (Å²) in [4.78, 5) is 0. The number of nitrogens with zero attached hydrogens (tertiary/aromatic N) is 1. The molecule has 13 heavy (non-hydrogen) atoms. The molecule has 72 valence electrons. The van der Waals surface area contributed by atoms with Crippen molar-refractivity contribution >= 4 is 33.9 Å². The van der Waals surface area contributed by atoms with Crippen molar-refractivity contribution in [3.05, 3.63) is 24.3 Å². The van der Waals surface area contributed by atoms with Crippen molar-refractivity contribution in [2.75, 3.05) is 13.8 Å². The number of halogens is 2. The molecule has 1 aromatic carbocycles. The van der Waals surface area contributed by atoms with E-state index in [2.05, 4.69) is 4.74 Å². The molecule has 0 bridgehead atoms. The second kappa shape index (κ2) is 4.36. The van der Waals surface area contributed by atoms with Crippen LogP contribution < -0.4 is 4.74 Å². The summed E-state index contributed by atoms with van der Waals surface area (Å²) in [5.41, 5.74) is 0.779. The predicted molar refractivity (Wildman–Crippen MR) is 59.6 cm³/mol. The van der Waals surface area contributed by atoms with E-state index in [9.17, 15) is 0 Å². The largest absolute Gasteiger partial charge is 0.497 e. The number of methoxy groups -OCH3 is 1. The molecule has 2 nitrogen and oxygen atoms in total. The van der Waals surface area contributed by atoms with E-state index in [1.165, 1.54) is 0 Å². The zero-order chi connectivity index (χ0) is 9.90. The molecule has 0 N–H and O–H groups in total. The van der Waals surface area contributed by atoms with Gasteiger partial charge >= 0.3 is 0 Å². The predicted octanol–water partition coefficient (Wildman–Crippen LogP) is 4.47. The maximum atomic E-state index is 5.82. The average molecular weight is 238 g/mol. The quantitative estimate of drug-likeness (QED) is 0.696. The van der Waals surface area contributed by atoms with E-state index in [1.807, 2.05) is 24.3 Å². The van der Waals surface area contributed by atoms with Gasteiger partial charge in [-0.2, -0.15) is 0 Å². The lowest BCUT2D eigenvalue weighted by Gasteiger charge is -2.02. The van der Waals surface area contributed by atoms with Crippen LogP contribution in [-0.4, -0.2) is 13.8 Å². The highest BCUT2D eigenvalue weighted by Crippen LogP contribution is 2.58. The maximum Gasteiger partial charge on any atom is 0.139 e. The minimum atomic E-state index is -2.13. The third kappa shape index (κ3) is 4.04. The van der Waals surface area contributed by atoms with Crippen LogP contribution in [0.5, 0.6) is 5.75 Å². The monoisotopic (exact) mass is 237 g/mol. The third-order valence-corrected chi connectivity index (χ3v) is 2.40. The molecular weight excluding hydrogens is 228 g/mol. The van der Waals surface area contributed by atoms with Gasteiger partial charge in [-0.3, -0.25) is 0 Å². The summed E-state index contributed by atoms with van der Waals surface area (Å²) in [6.45, 7) is 1.72. The van der Waals surface area contributed by atoms with Crippen molar-refractivity contribution in [1.82, 2.24) is 0 Å². The summed E-state index contributed by atoms with van der Waals surface area (Å²) in [6, 6.07) is 7.29. The van der Waals surface area contributed by atoms with Crippen molar-refractivity contribution in [2.45, 2.75) is 0 Å². The second-order valence-corrected chi connectivity index (χ2v) is 8.73. The molecule has 1 aromatic rings. The summed E-state index contributed by atoms with van der Waals surface area (Å²) in [5.74, 6) is -1.34. The molecule has 5 heteroatoms. The molecule has 1 rings (SSSR count). The molecule has 0 aromatic heterocycles. The third-order valence-electron chi connectivity index (χ3n) is 1.36. The number of benzene rings is 1. The zero-order valence-corrected chi connectivity index (χ0v) is 9.77. The fourth-order valence-electron chi connectivity index (χ4n) is 0.852. The van der Waals surface area contributed by atoms with Crippen LogP contribution in [0.2, 0.25) is 0 Å². The fraction of sp³-hybridized carbons (Fsp3) is 0.250. The first-order valence-corrected chi connectivity index (χ1v) is 7.64. The highest BCUT2D eigenvalue weighted by atomic mass is 35.9. The van der Waals surface area contributed by atoms with Crippen LogP contribution in [0.3, 0.4) is 0 Å². The maximum absolute atomic E-state index is 5.82. The molecule has 0 radical (unpaired) electrons. The molecule has 0 unspecified atom stereocenters. The van der Waals surface area contributed by atoms with Gasteiger partial charge in [0.2, 0.25) is 0 Å². The van der Waals surface area contributed by atoms with Crippen LogP contribution >= 0.6 is 28.2 Å². The van der Waals surface area contributed by atoms with E-state index in [0.29, 0.717) is 0 Å². The molecular formula is C8H10Cl2NOP. The Labute approximate surface area is 87.5 Å². The Hall–Kier alpha value is -0.170. The first-order valence-electron chi connectivity index (χ1n) is 3.64. The van der Waals surface area contributed by atoms with Crippen LogP contribution in [0, 0.1) is 0 Å². The van der Waals surface area contributed by atoms with Gasteiger partial charge in [0, 0.05) is 0 Å². The second-order valence-electron chi connectivity index (χ2n) is 2.55. The molecule has 0 heterocycles. The van der Waals surface area contributed by atoms with E-state index >= 15 is 0 Å². The smallest absolute Gasteiger partial charge is 0.139 e. The van der Waals surface area contributed by atoms with Gasteiger partial charge in [0.15, 0.2) is 0 Å². The number of ether oxygens (including phenoxy) is 1. The standard InChI is InChI=1S/C8H10Cl2NOP/c1-12-8-5-3-7(4-6-8)11-13(2,9)10/h3-6H,1-2H3. The molecule has 0 spiro atoms. The van der Waals surface area contributed by atoms with Gasteiger partial charge in [-0.05, 0) is 30.9 Å².